The first kappa shape index (κ1) is 12.4. The number of aromatic nitrogens is 3. The number of nitrogens with one attached hydrogen (secondary N) is 1. The highest BCUT2D eigenvalue weighted by Crippen LogP contribution is 2.26. The van der Waals surface area contributed by atoms with Gasteiger partial charge in [-0.1, -0.05) is 6.92 Å². The molecule has 2 aromatic rings. The molecule has 2 heterocycles. The smallest absolute Gasteiger partial charge is 0.150 e. The zero-order chi connectivity index (χ0) is 13.0. The number of hydrogen-bond donors (Lipinski definition) is 1. The summed E-state index contributed by atoms with van der Waals surface area (Å²) in [7, 11) is 0. The fraction of sp³-hybridized carbons (Fsp3) is 0.308. The molecule has 0 aliphatic rings. The van der Waals surface area contributed by atoms with Crippen LogP contribution in [0.4, 0.5) is 10.2 Å². The van der Waals surface area contributed by atoms with E-state index in [4.69, 9.17) is 0 Å². The second-order valence-electron chi connectivity index (χ2n) is 3.98. The first-order valence-corrected chi connectivity index (χ1v) is 5.89. The summed E-state index contributed by atoms with van der Waals surface area (Å²) in [5, 5.41) is 3.20. The molecular weight excluding hydrogens is 231 g/mol. The van der Waals surface area contributed by atoms with Crippen molar-refractivity contribution in [2.45, 2.75) is 20.3 Å². The first-order chi connectivity index (χ1) is 8.74. The number of halogens is 1. The molecule has 0 unspecified atom stereocenters. The van der Waals surface area contributed by atoms with Gasteiger partial charge in [0.2, 0.25) is 0 Å². The zero-order valence-corrected chi connectivity index (χ0v) is 10.4. The molecule has 2 rings (SSSR count). The van der Waals surface area contributed by atoms with Gasteiger partial charge in [-0.25, -0.2) is 14.4 Å². The Morgan fingerprint density at radius 3 is 2.89 bits per heavy atom. The van der Waals surface area contributed by atoms with E-state index in [9.17, 15) is 4.39 Å². The van der Waals surface area contributed by atoms with E-state index >= 15 is 0 Å². The van der Waals surface area contributed by atoms with Gasteiger partial charge in [-0.2, -0.15) is 0 Å². The lowest BCUT2D eigenvalue weighted by Gasteiger charge is -2.11. The highest BCUT2D eigenvalue weighted by molar-refractivity contribution is 5.67. The van der Waals surface area contributed by atoms with E-state index < -0.39 is 0 Å². The van der Waals surface area contributed by atoms with E-state index in [0.29, 0.717) is 11.3 Å². The fourth-order valence-corrected chi connectivity index (χ4v) is 1.71. The van der Waals surface area contributed by atoms with Crippen molar-refractivity contribution in [3.05, 3.63) is 36.2 Å². The summed E-state index contributed by atoms with van der Waals surface area (Å²) in [5.41, 5.74) is 1.89. The normalized spacial score (nSPS) is 10.4. The Morgan fingerprint density at radius 1 is 1.33 bits per heavy atom. The Morgan fingerprint density at radius 2 is 2.17 bits per heavy atom. The lowest BCUT2D eigenvalue weighted by atomic mass is 10.1. The third-order valence-electron chi connectivity index (χ3n) is 2.65. The van der Waals surface area contributed by atoms with Gasteiger partial charge in [0, 0.05) is 23.9 Å². The van der Waals surface area contributed by atoms with Crippen LogP contribution in [0.5, 0.6) is 0 Å². The monoisotopic (exact) mass is 246 g/mol. The molecule has 0 aromatic carbocycles. The Kier molecular flexibility index (Phi) is 3.82. The van der Waals surface area contributed by atoms with E-state index in [0.717, 1.165) is 24.3 Å². The minimum atomic E-state index is -0.374. The molecule has 18 heavy (non-hydrogen) atoms. The summed E-state index contributed by atoms with van der Waals surface area (Å²) < 4.78 is 13.7. The number of hydrogen-bond acceptors (Lipinski definition) is 4. The average molecular weight is 246 g/mol. The summed E-state index contributed by atoms with van der Waals surface area (Å²) >= 11 is 0. The van der Waals surface area contributed by atoms with E-state index in [2.05, 4.69) is 27.2 Å². The molecule has 2 aromatic heterocycles. The van der Waals surface area contributed by atoms with Crippen LogP contribution in [0.15, 0.2) is 24.8 Å². The summed E-state index contributed by atoms with van der Waals surface area (Å²) in [6, 6.07) is 1.62. The van der Waals surface area contributed by atoms with Crippen LogP contribution in [0, 0.1) is 12.7 Å². The van der Waals surface area contributed by atoms with E-state index in [1.807, 2.05) is 6.92 Å². The van der Waals surface area contributed by atoms with Crippen molar-refractivity contribution in [1.29, 1.82) is 0 Å². The fourth-order valence-electron chi connectivity index (χ4n) is 1.71. The second kappa shape index (κ2) is 5.53. The summed E-state index contributed by atoms with van der Waals surface area (Å²) in [4.78, 5) is 12.1. The predicted octanol–water partition coefficient (Wildman–Crippen LogP) is 2.81. The Bertz CT molecular complexity index is 542. The lowest BCUT2D eigenvalue weighted by molar-refractivity contribution is 0.624. The minimum Gasteiger partial charge on any atom is -0.370 e. The average Bonchev–Trinajstić information content (AvgIpc) is 2.39. The number of pyridine rings is 1. The molecule has 0 saturated heterocycles. The molecule has 0 aliphatic heterocycles. The molecule has 0 bridgehead atoms. The highest BCUT2D eigenvalue weighted by Gasteiger charge is 2.12. The number of anilines is 1. The molecule has 94 valence electrons. The molecule has 0 amide bonds. The van der Waals surface area contributed by atoms with Crippen LogP contribution in [0.2, 0.25) is 0 Å². The highest BCUT2D eigenvalue weighted by atomic mass is 19.1. The third-order valence-corrected chi connectivity index (χ3v) is 2.65. The van der Waals surface area contributed by atoms with Gasteiger partial charge in [0.05, 0.1) is 11.9 Å². The van der Waals surface area contributed by atoms with Gasteiger partial charge in [0.1, 0.15) is 12.1 Å². The molecular formula is C13H15FN4. The molecule has 0 atom stereocenters. The van der Waals surface area contributed by atoms with Gasteiger partial charge in [-0.15, -0.1) is 0 Å². The van der Waals surface area contributed by atoms with Gasteiger partial charge in [-0.05, 0) is 19.4 Å². The number of nitrogens with zero attached hydrogens (tertiary/aromatic N) is 3. The maximum absolute atomic E-state index is 13.7. The molecule has 1 N–H and O–H groups in total. The Balaban J connectivity index is 2.43. The third kappa shape index (κ3) is 2.45. The quantitative estimate of drug-likeness (QED) is 0.901. The van der Waals surface area contributed by atoms with Gasteiger partial charge >= 0.3 is 0 Å². The Hall–Kier alpha value is -2.04. The SMILES string of the molecule is CCCNc1ncnc(-c2ccncc2F)c1C. The van der Waals surface area contributed by atoms with Crippen molar-refractivity contribution in [2.75, 3.05) is 11.9 Å². The second-order valence-corrected chi connectivity index (χ2v) is 3.98. The van der Waals surface area contributed by atoms with Gasteiger partial charge in [0.25, 0.3) is 0 Å². The van der Waals surface area contributed by atoms with Crippen LogP contribution in [-0.4, -0.2) is 21.5 Å². The predicted molar refractivity (Wildman–Crippen MR) is 68.7 cm³/mol. The maximum Gasteiger partial charge on any atom is 0.150 e. The van der Waals surface area contributed by atoms with Crippen molar-refractivity contribution in [3.63, 3.8) is 0 Å². The molecule has 4 nitrogen and oxygen atoms in total. The van der Waals surface area contributed by atoms with Crippen LogP contribution in [-0.2, 0) is 0 Å². The van der Waals surface area contributed by atoms with E-state index in [1.165, 1.54) is 12.5 Å². The molecule has 0 saturated carbocycles. The van der Waals surface area contributed by atoms with E-state index in [-0.39, 0.29) is 5.82 Å². The lowest BCUT2D eigenvalue weighted by Crippen LogP contribution is -2.06. The van der Waals surface area contributed by atoms with Crippen LogP contribution in [0.3, 0.4) is 0 Å². The molecule has 0 aliphatic carbocycles. The number of rotatable bonds is 4. The Labute approximate surface area is 105 Å². The van der Waals surface area contributed by atoms with Crippen LogP contribution < -0.4 is 5.32 Å². The molecule has 5 heteroatoms. The summed E-state index contributed by atoms with van der Waals surface area (Å²) in [6.45, 7) is 4.79. The zero-order valence-electron chi connectivity index (χ0n) is 10.4. The van der Waals surface area contributed by atoms with Crippen molar-refractivity contribution in [3.8, 4) is 11.3 Å². The first-order valence-electron chi connectivity index (χ1n) is 5.89. The van der Waals surface area contributed by atoms with Crippen molar-refractivity contribution in [2.24, 2.45) is 0 Å². The van der Waals surface area contributed by atoms with Crippen molar-refractivity contribution in [1.82, 2.24) is 15.0 Å². The van der Waals surface area contributed by atoms with Crippen LogP contribution in [0.25, 0.3) is 11.3 Å². The minimum absolute atomic E-state index is 0.374. The van der Waals surface area contributed by atoms with E-state index in [1.54, 1.807) is 12.3 Å². The maximum atomic E-state index is 13.7. The molecule has 0 radical (unpaired) electrons. The van der Waals surface area contributed by atoms with Crippen LogP contribution in [0.1, 0.15) is 18.9 Å². The van der Waals surface area contributed by atoms with Gasteiger partial charge < -0.3 is 5.32 Å². The van der Waals surface area contributed by atoms with Gasteiger partial charge in [-0.3, -0.25) is 4.98 Å². The molecule has 0 fully saturated rings. The standard InChI is InChI=1S/C13H15FN4/c1-3-5-16-13-9(2)12(17-8-18-13)10-4-6-15-7-11(10)14/h4,6-8H,3,5H2,1-2H3,(H,16,17,18). The van der Waals surface area contributed by atoms with Crippen LogP contribution >= 0.6 is 0 Å². The van der Waals surface area contributed by atoms with Gasteiger partial charge in [0.15, 0.2) is 5.82 Å². The molecule has 0 spiro atoms. The van der Waals surface area contributed by atoms with Crippen molar-refractivity contribution < 1.29 is 4.39 Å². The van der Waals surface area contributed by atoms with Crippen molar-refractivity contribution >= 4 is 5.82 Å². The summed E-state index contributed by atoms with van der Waals surface area (Å²) in [6.07, 6.45) is 5.19. The largest absolute Gasteiger partial charge is 0.370 e. The topological polar surface area (TPSA) is 50.7 Å². The summed E-state index contributed by atoms with van der Waals surface area (Å²) in [5.74, 6) is 0.374.